The number of aryl methyl sites for hydroxylation is 1. The number of fused-ring (bicyclic) bond motifs is 1. The number of likely N-dealkylation sites (tertiary alicyclic amines) is 1. The zero-order valence-corrected chi connectivity index (χ0v) is 17.2. The van der Waals surface area contributed by atoms with Crippen LogP contribution in [0.3, 0.4) is 0 Å². The van der Waals surface area contributed by atoms with E-state index in [1.807, 2.05) is 24.3 Å². The van der Waals surface area contributed by atoms with Crippen LogP contribution in [0.25, 0.3) is 4.96 Å². The largest absolute Gasteiger partial charge is 0.492 e. The van der Waals surface area contributed by atoms with Crippen LogP contribution in [0.5, 0.6) is 5.88 Å². The van der Waals surface area contributed by atoms with Gasteiger partial charge >= 0.3 is 5.97 Å². The number of rotatable bonds is 4. The third-order valence-corrected chi connectivity index (χ3v) is 6.49. The van der Waals surface area contributed by atoms with Crippen molar-refractivity contribution in [1.29, 1.82) is 0 Å². The summed E-state index contributed by atoms with van der Waals surface area (Å²) in [7, 11) is 1.43. The average Bonchev–Trinajstić information content (AvgIpc) is 3.21. The van der Waals surface area contributed by atoms with Gasteiger partial charge in [-0.2, -0.15) is 4.52 Å². The van der Waals surface area contributed by atoms with Crippen molar-refractivity contribution in [2.24, 2.45) is 5.92 Å². The zero-order valence-electron chi connectivity index (χ0n) is 15.6. The predicted molar refractivity (Wildman–Crippen MR) is 107 cm³/mol. The summed E-state index contributed by atoms with van der Waals surface area (Å²) in [6.07, 6.45) is 1.44. The number of halogens is 1. The van der Waals surface area contributed by atoms with Crippen molar-refractivity contribution in [1.82, 2.24) is 19.5 Å². The van der Waals surface area contributed by atoms with Crippen molar-refractivity contribution in [3.05, 3.63) is 45.6 Å². The van der Waals surface area contributed by atoms with Crippen LogP contribution in [-0.2, 0) is 9.53 Å². The summed E-state index contributed by atoms with van der Waals surface area (Å²) in [6, 6.07) is 7.48. The number of methoxy groups -OCH3 is 1. The number of nitrogens with zero attached hydrogens (tertiary/aromatic N) is 4. The van der Waals surface area contributed by atoms with Crippen molar-refractivity contribution in [2.45, 2.75) is 25.8 Å². The number of aromatic nitrogens is 3. The van der Waals surface area contributed by atoms with Gasteiger partial charge in [0.1, 0.15) is 5.82 Å². The number of esters is 1. The topological polar surface area (TPSA) is 80.0 Å². The number of carbonyl (C=O) groups is 1. The molecule has 1 saturated heterocycles. The summed E-state index contributed by atoms with van der Waals surface area (Å²) in [4.78, 5) is 20.0. The molecule has 9 heteroatoms. The Bertz CT molecular complexity index is 993. The molecule has 1 aliphatic heterocycles. The second-order valence-corrected chi connectivity index (χ2v) is 8.38. The molecule has 7 nitrogen and oxygen atoms in total. The Hall–Kier alpha value is -2.16. The maximum Gasteiger partial charge on any atom is 0.308 e. The summed E-state index contributed by atoms with van der Waals surface area (Å²) in [5.74, 6) is 0.496. The minimum absolute atomic E-state index is 0.0781. The van der Waals surface area contributed by atoms with Crippen LogP contribution < -0.4 is 0 Å². The molecule has 0 saturated carbocycles. The number of aromatic hydroxyl groups is 1. The highest BCUT2D eigenvalue weighted by Crippen LogP contribution is 2.41. The Morgan fingerprint density at radius 3 is 2.61 bits per heavy atom. The fourth-order valence-corrected chi connectivity index (χ4v) is 5.05. The van der Waals surface area contributed by atoms with Crippen molar-refractivity contribution in [3.63, 3.8) is 0 Å². The van der Waals surface area contributed by atoms with E-state index in [-0.39, 0.29) is 23.8 Å². The van der Waals surface area contributed by atoms with Gasteiger partial charge in [-0.3, -0.25) is 9.69 Å². The van der Waals surface area contributed by atoms with E-state index in [0.717, 1.165) is 36.4 Å². The summed E-state index contributed by atoms with van der Waals surface area (Å²) < 4.78 is 6.38. The van der Waals surface area contributed by atoms with Gasteiger partial charge in [0.15, 0.2) is 0 Å². The maximum atomic E-state index is 11.9. The van der Waals surface area contributed by atoms with Gasteiger partial charge in [-0.1, -0.05) is 35.1 Å². The lowest BCUT2D eigenvalue weighted by Gasteiger charge is -2.36. The smallest absolute Gasteiger partial charge is 0.308 e. The van der Waals surface area contributed by atoms with E-state index in [1.165, 1.54) is 23.0 Å². The third kappa shape index (κ3) is 3.47. The first-order valence-electron chi connectivity index (χ1n) is 9.10. The highest BCUT2D eigenvalue weighted by atomic mass is 35.5. The molecule has 1 atom stereocenters. The van der Waals surface area contributed by atoms with Crippen LogP contribution in [0.1, 0.15) is 35.1 Å². The third-order valence-electron chi connectivity index (χ3n) is 5.17. The molecular formula is C19H21ClN4O3S. The lowest BCUT2D eigenvalue weighted by Crippen LogP contribution is -2.39. The molecule has 148 valence electrons. The molecule has 1 N–H and O–H groups in total. The van der Waals surface area contributed by atoms with Crippen LogP contribution in [0.15, 0.2) is 24.3 Å². The lowest BCUT2D eigenvalue weighted by molar-refractivity contribution is -0.147. The van der Waals surface area contributed by atoms with E-state index < -0.39 is 0 Å². The molecule has 1 fully saturated rings. The fourth-order valence-electron chi connectivity index (χ4n) is 3.76. The van der Waals surface area contributed by atoms with E-state index in [2.05, 4.69) is 15.0 Å². The minimum Gasteiger partial charge on any atom is -0.492 e. The molecule has 3 aromatic rings. The molecule has 0 aliphatic carbocycles. The molecule has 0 bridgehead atoms. The Kier molecular flexibility index (Phi) is 5.27. The van der Waals surface area contributed by atoms with Crippen LogP contribution in [0.4, 0.5) is 0 Å². The van der Waals surface area contributed by atoms with Crippen molar-refractivity contribution >= 4 is 33.9 Å². The average molecular weight is 421 g/mol. The van der Waals surface area contributed by atoms with Crippen molar-refractivity contribution < 1.29 is 14.6 Å². The molecule has 0 spiro atoms. The normalized spacial score (nSPS) is 17.1. The summed E-state index contributed by atoms with van der Waals surface area (Å²) >= 11 is 7.51. The number of thiazole rings is 1. The van der Waals surface area contributed by atoms with Crippen LogP contribution in [-0.4, -0.2) is 50.8 Å². The quantitative estimate of drug-likeness (QED) is 0.651. The monoisotopic (exact) mass is 420 g/mol. The molecule has 28 heavy (non-hydrogen) atoms. The molecule has 0 unspecified atom stereocenters. The van der Waals surface area contributed by atoms with Gasteiger partial charge in [0.2, 0.25) is 10.8 Å². The highest BCUT2D eigenvalue weighted by molar-refractivity contribution is 7.17. The lowest BCUT2D eigenvalue weighted by atomic mass is 9.94. The van der Waals surface area contributed by atoms with Gasteiger partial charge in [-0.15, -0.1) is 5.10 Å². The summed E-state index contributed by atoms with van der Waals surface area (Å²) in [6.45, 7) is 3.24. The first-order chi connectivity index (χ1) is 13.5. The second-order valence-electron chi connectivity index (χ2n) is 6.93. The molecule has 0 amide bonds. The van der Waals surface area contributed by atoms with Crippen LogP contribution in [0.2, 0.25) is 5.02 Å². The number of hydrogen-bond acceptors (Lipinski definition) is 7. The number of benzene rings is 1. The number of ether oxygens (including phenoxy) is 1. The zero-order chi connectivity index (χ0) is 19.8. The Balaban J connectivity index is 1.70. The van der Waals surface area contributed by atoms with E-state index in [4.69, 9.17) is 16.3 Å². The maximum absolute atomic E-state index is 11.9. The molecule has 4 rings (SSSR count). The molecule has 2 aromatic heterocycles. The SMILES string of the molecule is COC(=O)C1CCN([C@@H](c2ccc(Cl)cc2)c2sc3nc(C)nn3c2O)CC1. The van der Waals surface area contributed by atoms with Gasteiger partial charge in [0, 0.05) is 5.02 Å². The molecule has 0 radical (unpaired) electrons. The molecule has 1 aromatic carbocycles. The Morgan fingerprint density at radius 2 is 2.00 bits per heavy atom. The van der Waals surface area contributed by atoms with Crippen LogP contribution in [0, 0.1) is 12.8 Å². The standard InChI is InChI=1S/C19H21ClN4O3S/c1-11-21-19-24(22-11)17(25)16(28-19)15(12-3-5-14(20)6-4-12)23-9-7-13(8-10-23)18(26)27-2/h3-6,13,15,25H,7-10H2,1-2H3/t15-/m0/s1. The van der Waals surface area contributed by atoms with E-state index >= 15 is 0 Å². The molecular weight excluding hydrogens is 400 g/mol. The summed E-state index contributed by atoms with van der Waals surface area (Å²) in [5.41, 5.74) is 1.03. The fraction of sp³-hybridized carbons (Fsp3) is 0.421. The molecule has 3 heterocycles. The Labute approximate surface area is 171 Å². The van der Waals surface area contributed by atoms with Crippen LogP contribution >= 0.6 is 22.9 Å². The summed E-state index contributed by atoms with van der Waals surface area (Å²) in [5, 5.41) is 15.8. The number of hydrogen-bond donors (Lipinski definition) is 1. The first kappa shape index (κ1) is 19.2. The van der Waals surface area contributed by atoms with Gasteiger partial charge in [0.05, 0.1) is 23.9 Å². The number of carbonyl (C=O) groups excluding carboxylic acids is 1. The Morgan fingerprint density at radius 1 is 1.32 bits per heavy atom. The van der Waals surface area contributed by atoms with Crippen molar-refractivity contribution in [3.8, 4) is 5.88 Å². The van der Waals surface area contributed by atoms with E-state index in [1.54, 1.807) is 6.92 Å². The van der Waals surface area contributed by atoms with E-state index in [9.17, 15) is 9.90 Å². The first-order valence-corrected chi connectivity index (χ1v) is 10.3. The molecule has 1 aliphatic rings. The van der Waals surface area contributed by atoms with Gasteiger partial charge in [0.25, 0.3) is 0 Å². The highest BCUT2D eigenvalue weighted by Gasteiger charge is 2.34. The van der Waals surface area contributed by atoms with Gasteiger partial charge < -0.3 is 9.84 Å². The number of piperidine rings is 1. The minimum atomic E-state index is -0.162. The van der Waals surface area contributed by atoms with E-state index in [0.29, 0.717) is 15.8 Å². The second kappa shape index (κ2) is 7.69. The van der Waals surface area contributed by atoms with Gasteiger partial charge in [-0.05, 0) is 50.6 Å². The van der Waals surface area contributed by atoms with Gasteiger partial charge in [-0.25, -0.2) is 4.98 Å². The van der Waals surface area contributed by atoms with Crippen molar-refractivity contribution in [2.75, 3.05) is 20.2 Å². The predicted octanol–water partition coefficient (Wildman–Crippen LogP) is 3.43.